The van der Waals surface area contributed by atoms with Crippen molar-refractivity contribution >= 4 is 11.9 Å². The molecule has 134 valence electrons. The second-order valence-corrected chi connectivity index (χ2v) is 8.30. The Morgan fingerprint density at radius 1 is 1.22 bits per heavy atom. The number of amides is 1. The third-order valence-corrected chi connectivity index (χ3v) is 4.13. The molecule has 0 aliphatic heterocycles. The number of hydrogen-bond donors (Lipinski definition) is 3. The van der Waals surface area contributed by atoms with Gasteiger partial charge in [0.25, 0.3) is 0 Å². The molecule has 1 aliphatic carbocycles. The lowest BCUT2D eigenvalue weighted by Gasteiger charge is -2.43. The highest BCUT2D eigenvalue weighted by Gasteiger charge is 2.37. The van der Waals surface area contributed by atoms with Crippen LogP contribution < -0.4 is 16.0 Å². The SMILES string of the molecule is CCNC(=NCC(=O)NC(C)(C)C)NCC1(CC(C)C)CCC1. The summed E-state index contributed by atoms with van der Waals surface area (Å²) in [6.07, 6.45) is 5.17. The van der Waals surface area contributed by atoms with Crippen LogP contribution in [0.4, 0.5) is 0 Å². The molecule has 0 saturated heterocycles. The zero-order valence-corrected chi connectivity index (χ0v) is 15.9. The fourth-order valence-corrected chi connectivity index (χ4v) is 3.22. The highest BCUT2D eigenvalue weighted by atomic mass is 16.2. The predicted octanol–water partition coefficient (Wildman–Crippen LogP) is 2.67. The molecular formula is C18H36N4O. The second kappa shape index (κ2) is 8.55. The number of rotatable bonds is 7. The van der Waals surface area contributed by atoms with Gasteiger partial charge in [-0.3, -0.25) is 4.79 Å². The maximum atomic E-state index is 11.9. The van der Waals surface area contributed by atoms with Gasteiger partial charge in [-0.25, -0.2) is 4.99 Å². The Kier molecular flexibility index (Phi) is 7.36. The Bertz CT molecular complexity index is 406. The second-order valence-electron chi connectivity index (χ2n) is 8.30. The summed E-state index contributed by atoms with van der Waals surface area (Å²) in [7, 11) is 0. The number of aliphatic imine (C=N–C) groups is 1. The third-order valence-electron chi connectivity index (χ3n) is 4.13. The summed E-state index contributed by atoms with van der Waals surface area (Å²) in [5.74, 6) is 1.41. The molecule has 0 atom stereocenters. The number of nitrogens with zero attached hydrogens (tertiary/aromatic N) is 1. The van der Waals surface area contributed by atoms with Crippen molar-refractivity contribution < 1.29 is 4.79 Å². The zero-order valence-electron chi connectivity index (χ0n) is 15.9. The van der Waals surface area contributed by atoms with E-state index in [1.54, 1.807) is 0 Å². The Morgan fingerprint density at radius 3 is 2.30 bits per heavy atom. The molecule has 0 radical (unpaired) electrons. The van der Waals surface area contributed by atoms with Gasteiger partial charge >= 0.3 is 0 Å². The van der Waals surface area contributed by atoms with Crippen molar-refractivity contribution in [1.82, 2.24) is 16.0 Å². The van der Waals surface area contributed by atoms with E-state index in [4.69, 9.17) is 0 Å². The summed E-state index contributed by atoms with van der Waals surface area (Å²) >= 11 is 0. The van der Waals surface area contributed by atoms with Gasteiger partial charge in [-0.05, 0) is 58.3 Å². The molecule has 5 nitrogen and oxygen atoms in total. The number of hydrogen-bond acceptors (Lipinski definition) is 2. The molecule has 3 N–H and O–H groups in total. The van der Waals surface area contributed by atoms with E-state index in [9.17, 15) is 4.79 Å². The fourth-order valence-electron chi connectivity index (χ4n) is 3.22. The van der Waals surface area contributed by atoms with Crippen molar-refractivity contribution in [3.8, 4) is 0 Å². The molecule has 1 amide bonds. The van der Waals surface area contributed by atoms with Crippen LogP contribution in [0.2, 0.25) is 0 Å². The van der Waals surface area contributed by atoms with Gasteiger partial charge in [-0.15, -0.1) is 0 Å². The van der Waals surface area contributed by atoms with Crippen molar-refractivity contribution in [1.29, 1.82) is 0 Å². The van der Waals surface area contributed by atoms with Crippen LogP contribution in [0.25, 0.3) is 0 Å². The maximum absolute atomic E-state index is 11.9. The summed E-state index contributed by atoms with van der Waals surface area (Å²) in [5.41, 5.74) is 0.198. The normalized spacial score (nSPS) is 17.6. The molecule has 0 unspecified atom stereocenters. The Hall–Kier alpha value is -1.26. The summed E-state index contributed by atoms with van der Waals surface area (Å²) in [6.45, 7) is 14.4. The van der Waals surface area contributed by atoms with Crippen molar-refractivity contribution in [2.45, 2.75) is 72.8 Å². The van der Waals surface area contributed by atoms with E-state index < -0.39 is 0 Å². The van der Waals surface area contributed by atoms with E-state index in [0.717, 1.165) is 19.0 Å². The smallest absolute Gasteiger partial charge is 0.242 e. The van der Waals surface area contributed by atoms with Crippen LogP contribution in [0, 0.1) is 11.3 Å². The van der Waals surface area contributed by atoms with Crippen LogP contribution in [0.1, 0.15) is 67.2 Å². The summed E-state index contributed by atoms with van der Waals surface area (Å²) in [5, 5.41) is 9.62. The summed E-state index contributed by atoms with van der Waals surface area (Å²) in [6, 6.07) is 0. The molecule has 0 spiro atoms. The minimum atomic E-state index is -0.217. The highest BCUT2D eigenvalue weighted by molar-refractivity contribution is 5.85. The fraction of sp³-hybridized carbons (Fsp3) is 0.889. The average molecular weight is 325 g/mol. The standard InChI is InChI=1S/C18H36N4O/c1-7-19-16(20-12-15(23)22-17(4,5)6)21-13-18(9-8-10-18)11-14(2)3/h14H,7-13H2,1-6H3,(H,22,23)(H2,19,20,21). The van der Waals surface area contributed by atoms with E-state index >= 15 is 0 Å². The monoisotopic (exact) mass is 324 g/mol. The lowest BCUT2D eigenvalue weighted by Crippen LogP contribution is -2.47. The molecule has 0 heterocycles. The van der Waals surface area contributed by atoms with Gasteiger partial charge in [0.15, 0.2) is 5.96 Å². The van der Waals surface area contributed by atoms with Gasteiger partial charge < -0.3 is 16.0 Å². The quantitative estimate of drug-likeness (QED) is 0.498. The lowest BCUT2D eigenvalue weighted by molar-refractivity contribution is -0.121. The Labute approximate surface area is 142 Å². The van der Waals surface area contributed by atoms with E-state index in [2.05, 4.69) is 34.8 Å². The van der Waals surface area contributed by atoms with Crippen LogP contribution in [0.3, 0.4) is 0 Å². The van der Waals surface area contributed by atoms with Crippen LogP contribution in [0.15, 0.2) is 4.99 Å². The number of guanidine groups is 1. The van der Waals surface area contributed by atoms with Gasteiger partial charge in [0.2, 0.25) is 5.91 Å². The van der Waals surface area contributed by atoms with Crippen molar-refractivity contribution in [3.63, 3.8) is 0 Å². The molecule has 0 aromatic heterocycles. The van der Waals surface area contributed by atoms with Gasteiger partial charge in [-0.1, -0.05) is 20.3 Å². The zero-order chi connectivity index (χ0) is 17.5. The van der Waals surface area contributed by atoms with Crippen LogP contribution >= 0.6 is 0 Å². The summed E-state index contributed by atoms with van der Waals surface area (Å²) < 4.78 is 0. The number of nitrogens with one attached hydrogen (secondary N) is 3. The lowest BCUT2D eigenvalue weighted by atomic mass is 9.64. The molecule has 0 aromatic carbocycles. The molecule has 1 rings (SSSR count). The molecule has 1 aliphatic rings. The van der Waals surface area contributed by atoms with Crippen LogP contribution in [0.5, 0.6) is 0 Å². The van der Waals surface area contributed by atoms with Crippen molar-refractivity contribution in [3.05, 3.63) is 0 Å². The first-order valence-corrected chi connectivity index (χ1v) is 8.99. The molecule has 0 bridgehead atoms. The third kappa shape index (κ3) is 7.71. The topological polar surface area (TPSA) is 65.5 Å². The Balaban J connectivity index is 2.53. The maximum Gasteiger partial charge on any atom is 0.242 e. The molecule has 1 fully saturated rings. The van der Waals surface area contributed by atoms with E-state index in [1.807, 2.05) is 27.7 Å². The van der Waals surface area contributed by atoms with E-state index in [-0.39, 0.29) is 18.0 Å². The average Bonchev–Trinajstić information content (AvgIpc) is 2.36. The molecule has 23 heavy (non-hydrogen) atoms. The van der Waals surface area contributed by atoms with E-state index in [1.165, 1.54) is 25.7 Å². The molecular weight excluding hydrogens is 288 g/mol. The highest BCUT2D eigenvalue weighted by Crippen LogP contribution is 2.45. The molecule has 1 saturated carbocycles. The van der Waals surface area contributed by atoms with Crippen molar-refractivity contribution in [2.75, 3.05) is 19.6 Å². The first kappa shape index (κ1) is 19.8. The minimum absolute atomic E-state index is 0.0461. The first-order valence-electron chi connectivity index (χ1n) is 8.99. The molecule has 5 heteroatoms. The van der Waals surface area contributed by atoms with Gasteiger partial charge in [0, 0.05) is 18.6 Å². The number of carbonyl (C=O) groups is 1. The van der Waals surface area contributed by atoms with Gasteiger partial charge in [0.1, 0.15) is 6.54 Å². The largest absolute Gasteiger partial charge is 0.357 e. The predicted molar refractivity (Wildman–Crippen MR) is 97.6 cm³/mol. The minimum Gasteiger partial charge on any atom is -0.357 e. The first-order chi connectivity index (χ1) is 10.7. The summed E-state index contributed by atoms with van der Waals surface area (Å²) in [4.78, 5) is 16.3. The van der Waals surface area contributed by atoms with Gasteiger partial charge in [0.05, 0.1) is 0 Å². The van der Waals surface area contributed by atoms with Gasteiger partial charge in [-0.2, -0.15) is 0 Å². The van der Waals surface area contributed by atoms with E-state index in [0.29, 0.717) is 11.3 Å². The van der Waals surface area contributed by atoms with Crippen LogP contribution in [-0.4, -0.2) is 37.0 Å². The Morgan fingerprint density at radius 2 is 1.87 bits per heavy atom. The van der Waals surface area contributed by atoms with Crippen molar-refractivity contribution in [2.24, 2.45) is 16.3 Å². The molecule has 0 aromatic rings. The number of carbonyl (C=O) groups excluding carboxylic acids is 1. The van der Waals surface area contributed by atoms with Crippen LogP contribution in [-0.2, 0) is 4.79 Å².